The van der Waals surface area contributed by atoms with E-state index >= 15 is 0 Å². The summed E-state index contributed by atoms with van der Waals surface area (Å²) in [5.74, 6) is 0.111. The molecule has 1 N–H and O–H groups in total. The van der Waals surface area contributed by atoms with Crippen LogP contribution in [0.3, 0.4) is 0 Å². The van der Waals surface area contributed by atoms with Crippen molar-refractivity contribution in [2.24, 2.45) is 5.41 Å². The Morgan fingerprint density at radius 2 is 1.89 bits per heavy atom. The van der Waals surface area contributed by atoms with Gasteiger partial charge in [-0.2, -0.15) is 0 Å². The molecule has 4 heteroatoms. The average Bonchev–Trinajstić information content (AvgIpc) is 2.58. The van der Waals surface area contributed by atoms with Crippen LogP contribution in [-0.4, -0.2) is 22.1 Å². The molecule has 0 aromatic rings. The van der Waals surface area contributed by atoms with Crippen molar-refractivity contribution in [2.75, 3.05) is 0 Å². The smallest absolute Gasteiger partial charge is 0.234 e. The normalized spacial score (nSPS) is 38.4. The molecule has 3 aliphatic rings. The Kier molecular flexibility index (Phi) is 2.88. The molecule has 18 heavy (non-hydrogen) atoms. The van der Waals surface area contributed by atoms with Crippen molar-refractivity contribution >= 4 is 27.6 Å². The Morgan fingerprint density at radius 1 is 1.17 bits per heavy atom. The molecule has 0 bridgehead atoms. The summed E-state index contributed by atoms with van der Waals surface area (Å²) in [5.41, 5.74) is -1.40. The monoisotopic (exact) mass is 311 g/mol. The number of ketones is 1. The second-order valence-electron chi connectivity index (χ2n) is 5.81. The van der Waals surface area contributed by atoms with Crippen molar-refractivity contribution in [3.8, 4) is 0 Å². The van der Waals surface area contributed by atoms with Gasteiger partial charge in [0.2, 0.25) is 5.91 Å². The van der Waals surface area contributed by atoms with Gasteiger partial charge in [0, 0.05) is 4.83 Å². The number of Topliss-reactive ketones (excluding diaryl/α,β-unsaturated/α-hetero) is 1. The van der Waals surface area contributed by atoms with Crippen LogP contribution in [0.4, 0.5) is 0 Å². The van der Waals surface area contributed by atoms with Crippen molar-refractivity contribution < 1.29 is 9.59 Å². The highest BCUT2D eigenvalue weighted by molar-refractivity contribution is 9.09. The van der Waals surface area contributed by atoms with Crippen molar-refractivity contribution in [2.45, 2.75) is 55.3 Å². The number of nitrogens with one attached hydrogen (secondary N) is 1. The summed E-state index contributed by atoms with van der Waals surface area (Å²) in [4.78, 5) is 25.5. The van der Waals surface area contributed by atoms with E-state index in [0.29, 0.717) is 4.83 Å². The quantitative estimate of drug-likeness (QED) is 0.424. The predicted molar refractivity (Wildman–Crippen MR) is 72.5 cm³/mol. The van der Waals surface area contributed by atoms with E-state index in [1.165, 1.54) is 0 Å². The molecule has 3 rings (SSSR count). The number of alkyl halides is 1. The topological polar surface area (TPSA) is 46.2 Å². The first-order chi connectivity index (χ1) is 8.59. The molecule has 0 aromatic heterocycles. The van der Waals surface area contributed by atoms with Crippen molar-refractivity contribution in [1.82, 2.24) is 5.32 Å². The minimum Gasteiger partial charge on any atom is -0.339 e. The van der Waals surface area contributed by atoms with Crippen LogP contribution in [0.2, 0.25) is 0 Å². The zero-order valence-electron chi connectivity index (χ0n) is 10.4. The molecule has 2 fully saturated rings. The van der Waals surface area contributed by atoms with Gasteiger partial charge in [-0.3, -0.25) is 9.59 Å². The standard InChI is InChI=1S/C14H18BrNO2/c15-10-4-8-14(9-5-10)11(17)13(12(18)16-14)6-2-1-3-7-13/h4,8,10H,1-3,5-7,9H2,(H,16,18). The van der Waals surface area contributed by atoms with E-state index in [1.807, 2.05) is 12.2 Å². The zero-order valence-corrected chi connectivity index (χ0v) is 12.0. The fraction of sp³-hybridized carbons (Fsp3) is 0.714. The lowest BCUT2D eigenvalue weighted by Gasteiger charge is -2.32. The molecule has 0 radical (unpaired) electrons. The van der Waals surface area contributed by atoms with Gasteiger partial charge in [-0.25, -0.2) is 0 Å². The summed E-state index contributed by atoms with van der Waals surface area (Å²) in [5, 5.41) is 3.00. The third kappa shape index (κ3) is 1.61. The maximum Gasteiger partial charge on any atom is 0.234 e. The second-order valence-corrected chi connectivity index (χ2v) is 6.99. The Bertz CT molecular complexity index is 426. The highest BCUT2D eigenvalue weighted by Crippen LogP contribution is 2.47. The minimum atomic E-state index is -0.707. The summed E-state index contributed by atoms with van der Waals surface area (Å²) in [6, 6.07) is 0. The Morgan fingerprint density at radius 3 is 2.50 bits per heavy atom. The van der Waals surface area contributed by atoms with Crippen LogP contribution in [0.25, 0.3) is 0 Å². The third-order valence-electron chi connectivity index (χ3n) is 4.72. The largest absolute Gasteiger partial charge is 0.339 e. The Labute approximate surface area is 116 Å². The second kappa shape index (κ2) is 4.19. The van der Waals surface area contributed by atoms with Gasteiger partial charge in [0.25, 0.3) is 0 Å². The molecule has 2 unspecified atom stereocenters. The number of amides is 1. The number of hydrogen-bond donors (Lipinski definition) is 1. The summed E-state index contributed by atoms with van der Waals surface area (Å²) in [6.45, 7) is 0. The van der Waals surface area contributed by atoms with Crippen LogP contribution in [0.1, 0.15) is 44.9 Å². The lowest BCUT2D eigenvalue weighted by molar-refractivity contribution is -0.138. The fourth-order valence-electron chi connectivity index (χ4n) is 3.63. The van der Waals surface area contributed by atoms with E-state index in [-0.39, 0.29) is 11.7 Å². The van der Waals surface area contributed by atoms with E-state index in [4.69, 9.17) is 0 Å². The summed E-state index contributed by atoms with van der Waals surface area (Å²) < 4.78 is 0. The molecule has 98 valence electrons. The first kappa shape index (κ1) is 12.4. The fourth-order valence-corrected chi connectivity index (χ4v) is 4.01. The van der Waals surface area contributed by atoms with Crippen LogP contribution in [-0.2, 0) is 9.59 Å². The van der Waals surface area contributed by atoms with Gasteiger partial charge in [0.1, 0.15) is 11.0 Å². The number of allylic oxidation sites excluding steroid dienone is 1. The molecule has 2 aliphatic carbocycles. The maximum absolute atomic E-state index is 12.8. The lowest BCUT2D eigenvalue weighted by atomic mass is 9.67. The van der Waals surface area contributed by atoms with E-state index < -0.39 is 11.0 Å². The van der Waals surface area contributed by atoms with E-state index in [9.17, 15) is 9.59 Å². The van der Waals surface area contributed by atoms with Gasteiger partial charge < -0.3 is 5.32 Å². The highest BCUT2D eigenvalue weighted by Gasteiger charge is 2.61. The molecular weight excluding hydrogens is 294 g/mol. The van der Waals surface area contributed by atoms with Gasteiger partial charge in [0.15, 0.2) is 5.78 Å². The van der Waals surface area contributed by atoms with Gasteiger partial charge in [-0.05, 0) is 25.7 Å². The average molecular weight is 312 g/mol. The Hall–Kier alpha value is -0.640. The van der Waals surface area contributed by atoms with Crippen molar-refractivity contribution in [3.63, 3.8) is 0 Å². The predicted octanol–water partition coefficient (Wildman–Crippen LogP) is 2.49. The van der Waals surface area contributed by atoms with Crippen LogP contribution in [0.5, 0.6) is 0 Å². The number of hydrogen-bond acceptors (Lipinski definition) is 2. The molecule has 1 saturated carbocycles. The van der Waals surface area contributed by atoms with Gasteiger partial charge >= 0.3 is 0 Å². The molecule has 2 atom stereocenters. The SMILES string of the molecule is O=C1NC2(C=CC(Br)CC2)C(=O)C12CCCCC2. The molecule has 1 saturated heterocycles. The number of carbonyl (C=O) groups excluding carboxylic acids is 2. The van der Waals surface area contributed by atoms with E-state index in [2.05, 4.69) is 21.2 Å². The maximum atomic E-state index is 12.8. The summed E-state index contributed by atoms with van der Waals surface area (Å²) >= 11 is 3.53. The van der Waals surface area contributed by atoms with E-state index in [0.717, 1.165) is 44.9 Å². The lowest BCUT2D eigenvalue weighted by Crippen LogP contribution is -2.47. The number of rotatable bonds is 0. The molecule has 1 aliphatic heterocycles. The molecule has 2 spiro atoms. The third-order valence-corrected chi connectivity index (χ3v) is 5.49. The van der Waals surface area contributed by atoms with Crippen LogP contribution >= 0.6 is 15.9 Å². The molecule has 3 nitrogen and oxygen atoms in total. The van der Waals surface area contributed by atoms with Crippen LogP contribution < -0.4 is 5.32 Å². The Balaban J connectivity index is 1.95. The summed E-state index contributed by atoms with van der Waals surface area (Å²) in [6.07, 6.45) is 10.2. The zero-order chi connectivity index (χ0) is 12.8. The molecule has 1 amide bonds. The van der Waals surface area contributed by atoms with Crippen LogP contribution in [0, 0.1) is 5.41 Å². The molecule has 0 aromatic carbocycles. The summed E-state index contributed by atoms with van der Waals surface area (Å²) in [7, 11) is 0. The minimum absolute atomic E-state index is 0.0233. The van der Waals surface area contributed by atoms with Gasteiger partial charge in [0.05, 0.1) is 0 Å². The van der Waals surface area contributed by atoms with Gasteiger partial charge in [-0.15, -0.1) is 0 Å². The van der Waals surface area contributed by atoms with Crippen LogP contribution in [0.15, 0.2) is 12.2 Å². The van der Waals surface area contributed by atoms with E-state index in [1.54, 1.807) is 0 Å². The molecular formula is C14H18BrNO2. The van der Waals surface area contributed by atoms with Crippen molar-refractivity contribution in [1.29, 1.82) is 0 Å². The first-order valence-electron chi connectivity index (χ1n) is 6.80. The number of carbonyl (C=O) groups is 2. The molecule has 1 heterocycles. The van der Waals surface area contributed by atoms with Gasteiger partial charge in [-0.1, -0.05) is 47.3 Å². The number of halogens is 1. The van der Waals surface area contributed by atoms with Crippen molar-refractivity contribution in [3.05, 3.63) is 12.2 Å². The first-order valence-corrected chi connectivity index (χ1v) is 7.72. The highest BCUT2D eigenvalue weighted by atomic mass is 79.9.